The maximum Gasteiger partial charge on any atom is 0.254 e. The van der Waals surface area contributed by atoms with Crippen molar-refractivity contribution in [2.24, 2.45) is 5.92 Å². The summed E-state index contributed by atoms with van der Waals surface area (Å²) in [6.07, 6.45) is -0.218. The number of ether oxygens (including phenoxy) is 1. The SMILES string of the molecule is CC(C)CC(=O)N1CCN(C(=O)[C@H]2OCC(=O)N[C@@H]2c2ccccc2)CC1. The van der Waals surface area contributed by atoms with Crippen molar-refractivity contribution in [2.75, 3.05) is 32.8 Å². The third-order valence-electron chi connectivity index (χ3n) is 4.94. The fraction of sp³-hybridized carbons (Fsp3) is 0.550. The average molecular weight is 373 g/mol. The van der Waals surface area contributed by atoms with E-state index in [0.29, 0.717) is 38.5 Å². The molecule has 1 aromatic carbocycles. The van der Waals surface area contributed by atoms with E-state index in [2.05, 4.69) is 5.32 Å². The zero-order valence-electron chi connectivity index (χ0n) is 15.9. The van der Waals surface area contributed by atoms with Crippen molar-refractivity contribution in [3.8, 4) is 0 Å². The van der Waals surface area contributed by atoms with Crippen LogP contribution < -0.4 is 5.32 Å². The largest absolute Gasteiger partial charge is 0.356 e. The quantitative estimate of drug-likeness (QED) is 0.853. The van der Waals surface area contributed by atoms with Gasteiger partial charge in [-0.05, 0) is 11.5 Å². The van der Waals surface area contributed by atoms with Gasteiger partial charge < -0.3 is 19.9 Å². The van der Waals surface area contributed by atoms with Crippen LogP contribution in [0.2, 0.25) is 0 Å². The number of amides is 3. The van der Waals surface area contributed by atoms with E-state index < -0.39 is 12.1 Å². The number of piperazine rings is 1. The molecule has 3 rings (SSSR count). The summed E-state index contributed by atoms with van der Waals surface area (Å²) >= 11 is 0. The van der Waals surface area contributed by atoms with Crippen molar-refractivity contribution in [3.05, 3.63) is 35.9 Å². The summed E-state index contributed by atoms with van der Waals surface area (Å²) in [6.45, 7) is 5.97. The predicted octanol–water partition coefficient (Wildman–Crippen LogP) is 0.960. The van der Waals surface area contributed by atoms with Gasteiger partial charge in [0.05, 0.1) is 6.04 Å². The Balaban J connectivity index is 1.64. The molecule has 2 aliphatic rings. The molecule has 1 aromatic rings. The van der Waals surface area contributed by atoms with Crippen LogP contribution in [0.5, 0.6) is 0 Å². The smallest absolute Gasteiger partial charge is 0.254 e. The van der Waals surface area contributed by atoms with Gasteiger partial charge in [0.1, 0.15) is 6.61 Å². The van der Waals surface area contributed by atoms with Gasteiger partial charge >= 0.3 is 0 Å². The Morgan fingerprint density at radius 2 is 1.74 bits per heavy atom. The maximum absolute atomic E-state index is 13.0. The lowest BCUT2D eigenvalue weighted by atomic mass is 9.98. The van der Waals surface area contributed by atoms with Crippen molar-refractivity contribution in [2.45, 2.75) is 32.4 Å². The summed E-state index contributed by atoms with van der Waals surface area (Å²) in [5.74, 6) is 0.0975. The van der Waals surface area contributed by atoms with E-state index in [1.165, 1.54) is 0 Å². The molecule has 1 N–H and O–H groups in total. The van der Waals surface area contributed by atoms with Crippen LogP contribution in [0.1, 0.15) is 31.9 Å². The van der Waals surface area contributed by atoms with Gasteiger partial charge in [-0.15, -0.1) is 0 Å². The van der Waals surface area contributed by atoms with E-state index in [1.54, 1.807) is 4.90 Å². The first-order valence-electron chi connectivity index (χ1n) is 9.48. The Hall–Kier alpha value is -2.41. The molecule has 0 unspecified atom stereocenters. The fourth-order valence-electron chi connectivity index (χ4n) is 3.52. The topological polar surface area (TPSA) is 79.0 Å². The predicted molar refractivity (Wildman–Crippen MR) is 99.7 cm³/mol. The molecule has 0 bridgehead atoms. The van der Waals surface area contributed by atoms with Crippen LogP contribution in [0.25, 0.3) is 0 Å². The third-order valence-corrected chi connectivity index (χ3v) is 4.94. The van der Waals surface area contributed by atoms with Crippen molar-refractivity contribution in [1.82, 2.24) is 15.1 Å². The monoisotopic (exact) mass is 373 g/mol. The molecular formula is C20H27N3O4. The molecule has 2 aliphatic heterocycles. The molecule has 2 fully saturated rings. The molecule has 0 radical (unpaired) electrons. The normalized spacial score (nSPS) is 23.3. The highest BCUT2D eigenvalue weighted by atomic mass is 16.5. The van der Waals surface area contributed by atoms with Gasteiger partial charge in [0.15, 0.2) is 6.10 Å². The first-order chi connectivity index (χ1) is 13.0. The van der Waals surface area contributed by atoms with E-state index in [4.69, 9.17) is 4.74 Å². The van der Waals surface area contributed by atoms with Gasteiger partial charge in [-0.25, -0.2) is 0 Å². The molecule has 2 atom stereocenters. The minimum Gasteiger partial charge on any atom is -0.356 e. The summed E-state index contributed by atoms with van der Waals surface area (Å²) in [4.78, 5) is 40.6. The maximum atomic E-state index is 13.0. The molecule has 27 heavy (non-hydrogen) atoms. The zero-order chi connectivity index (χ0) is 19.4. The molecule has 3 amide bonds. The first kappa shape index (κ1) is 19.4. The number of benzene rings is 1. The number of rotatable bonds is 4. The van der Waals surface area contributed by atoms with Crippen LogP contribution in [-0.4, -0.2) is 66.4 Å². The number of hydrogen-bond donors (Lipinski definition) is 1. The van der Waals surface area contributed by atoms with Crippen LogP contribution in [0.4, 0.5) is 0 Å². The van der Waals surface area contributed by atoms with E-state index in [-0.39, 0.29) is 24.3 Å². The first-order valence-corrected chi connectivity index (χ1v) is 9.48. The Kier molecular flexibility index (Phi) is 6.11. The van der Waals surface area contributed by atoms with E-state index in [1.807, 2.05) is 49.1 Å². The van der Waals surface area contributed by atoms with Crippen molar-refractivity contribution >= 4 is 17.7 Å². The second kappa shape index (κ2) is 8.52. The van der Waals surface area contributed by atoms with Crippen LogP contribution >= 0.6 is 0 Å². The molecule has 2 heterocycles. The van der Waals surface area contributed by atoms with Gasteiger partial charge in [0.25, 0.3) is 5.91 Å². The Morgan fingerprint density at radius 1 is 1.11 bits per heavy atom. The molecular weight excluding hydrogens is 346 g/mol. The molecule has 0 saturated carbocycles. The summed E-state index contributed by atoms with van der Waals surface area (Å²) in [7, 11) is 0. The number of nitrogens with one attached hydrogen (secondary N) is 1. The number of carbonyl (C=O) groups excluding carboxylic acids is 3. The van der Waals surface area contributed by atoms with E-state index >= 15 is 0 Å². The number of nitrogens with zero attached hydrogens (tertiary/aromatic N) is 2. The lowest BCUT2D eigenvalue weighted by Crippen LogP contribution is -2.57. The Labute approximate surface area is 159 Å². The van der Waals surface area contributed by atoms with Crippen LogP contribution in [0.15, 0.2) is 30.3 Å². The highest BCUT2D eigenvalue weighted by Crippen LogP contribution is 2.24. The zero-order valence-corrected chi connectivity index (χ0v) is 15.9. The molecule has 7 nitrogen and oxygen atoms in total. The van der Waals surface area contributed by atoms with Crippen molar-refractivity contribution < 1.29 is 19.1 Å². The van der Waals surface area contributed by atoms with Crippen LogP contribution in [-0.2, 0) is 19.1 Å². The summed E-state index contributed by atoms with van der Waals surface area (Å²) < 4.78 is 5.62. The van der Waals surface area contributed by atoms with Gasteiger partial charge in [-0.3, -0.25) is 14.4 Å². The number of carbonyl (C=O) groups is 3. The lowest BCUT2D eigenvalue weighted by Gasteiger charge is -2.39. The minimum atomic E-state index is -0.747. The molecule has 0 aromatic heterocycles. The molecule has 0 spiro atoms. The molecule has 0 aliphatic carbocycles. The van der Waals surface area contributed by atoms with Gasteiger partial charge in [-0.2, -0.15) is 0 Å². The van der Waals surface area contributed by atoms with Crippen LogP contribution in [0, 0.1) is 5.92 Å². The minimum absolute atomic E-state index is 0.118. The van der Waals surface area contributed by atoms with Crippen molar-refractivity contribution in [1.29, 1.82) is 0 Å². The van der Waals surface area contributed by atoms with Gasteiger partial charge in [0, 0.05) is 32.6 Å². The second-order valence-electron chi connectivity index (χ2n) is 7.49. The third kappa shape index (κ3) is 4.66. The molecule has 7 heteroatoms. The molecule has 146 valence electrons. The number of morpholine rings is 1. The number of hydrogen-bond acceptors (Lipinski definition) is 4. The van der Waals surface area contributed by atoms with Crippen molar-refractivity contribution in [3.63, 3.8) is 0 Å². The average Bonchev–Trinajstić information content (AvgIpc) is 2.67. The van der Waals surface area contributed by atoms with Crippen LogP contribution in [0.3, 0.4) is 0 Å². The van der Waals surface area contributed by atoms with E-state index in [0.717, 1.165) is 5.56 Å². The summed E-state index contributed by atoms with van der Waals surface area (Å²) in [5, 5.41) is 2.88. The standard InChI is InChI=1S/C20H27N3O4/c1-14(2)12-17(25)22-8-10-23(11-9-22)20(26)19-18(21-16(24)13-27-19)15-6-4-3-5-7-15/h3-7,14,18-19H,8-13H2,1-2H3,(H,21,24)/t18-,19+/m1/s1. The fourth-order valence-corrected chi connectivity index (χ4v) is 3.52. The summed E-state index contributed by atoms with van der Waals surface area (Å²) in [5.41, 5.74) is 0.842. The van der Waals surface area contributed by atoms with E-state index in [9.17, 15) is 14.4 Å². The highest BCUT2D eigenvalue weighted by Gasteiger charge is 2.39. The van der Waals surface area contributed by atoms with Gasteiger partial charge in [0.2, 0.25) is 11.8 Å². The molecule has 2 saturated heterocycles. The Bertz CT molecular complexity index is 684. The van der Waals surface area contributed by atoms with Gasteiger partial charge in [-0.1, -0.05) is 44.2 Å². The lowest BCUT2D eigenvalue weighted by molar-refractivity contribution is -0.157. The second-order valence-corrected chi connectivity index (χ2v) is 7.49. The highest BCUT2D eigenvalue weighted by molar-refractivity contribution is 5.86. The Morgan fingerprint density at radius 3 is 2.37 bits per heavy atom. The summed E-state index contributed by atoms with van der Waals surface area (Å²) in [6, 6.07) is 8.89.